The highest BCUT2D eigenvalue weighted by atomic mass is 32.2. The molecule has 5 nitrogen and oxygen atoms in total. The van der Waals surface area contributed by atoms with E-state index in [1.165, 1.54) is 11.8 Å². The first-order valence-electron chi connectivity index (χ1n) is 3.48. The number of amides is 1. The highest BCUT2D eigenvalue weighted by molar-refractivity contribution is 7.99. The predicted molar refractivity (Wildman–Crippen MR) is 45.7 cm³/mol. The van der Waals surface area contributed by atoms with E-state index in [4.69, 9.17) is 5.73 Å². The molecule has 0 aliphatic heterocycles. The average Bonchev–Trinajstić information content (AvgIpc) is 2.35. The molecule has 0 bridgehead atoms. The number of aromatic nitrogens is 3. The molecule has 0 radical (unpaired) electrons. The van der Waals surface area contributed by atoms with Crippen LogP contribution in [0.2, 0.25) is 0 Å². The van der Waals surface area contributed by atoms with Crippen molar-refractivity contribution < 1.29 is 4.79 Å². The predicted octanol–water partition coefficient (Wildman–Crippen LogP) is 0.0806. The Morgan fingerprint density at radius 1 is 1.75 bits per heavy atom. The van der Waals surface area contributed by atoms with Gasteiger partial charge in [-0.25, -0.2) is 4.98 Å². The van der Waals surface area contributed by atoms with Gasteiger partial charge in [-0.2, -0.15) is 0 Å². The normalized spacial score (nSPS) is 10.1. The molecule has 3 N–H and O–H groups in total. The Morgan fingerprint density at radius 3 is 3.00 bits per heavy atom. The lowest BCUT2D eigenvalue weighted by atomic mass is 10.5. The summed E-state index contributed by atoms with van der Waals surface area (Å²) in [6, 6.07) is 0. The maximum absolute atomic E-state index is 10.4. The summed E-state index contributed by atoms with van der Waals surface area (Å²) in [6.07, 6.45) is 0.359. The molecule has 1 rings (SSSR count). The number of hydrogen-bond donors (Lipinski definition) is 2. The quantitative estimate of drug-likeness (QED) is 0.652. The number of carbonyl (C=O) groups excluding carboxylic acids is 1. The number of primary amides is 1. The second-order valence-electron chi connectivity index (χ2n) is 2.27. The van der Waals surface area contributed by atoms with E-state index < -0.39 is 0 Å². The van der Waals surface area contributed by atoms with Gasteiger partial charge in [0.05, 0.1) is 0 Å². The Labute approximate surface area is 74.1 Å². The van der Waals surface area contributed by atoms with Gasteiger partial charge in [0.1, 0.15) is 5.82 Å². The van der Waals surface area contributed by atoms with Gasteiger partial charge >= 0.3 is 0 Å². The van der Waals surface area contributed by atoms with Gasteiger partial charge in [-0.1, -0.05) is 11.8 Å². The van der Waals surface area contributed by atoms with Crippen LogP contribution in [-0.4, -0.2) is 26.8 Å². The zero-order valence-corrected chi connectivity index (χ0v) is 7.52. The second-order valence-corrected chi connectivity index (χ2v) is 3.33. The van der Waals surface area contributed by atoms with Crippen LogP contribution in [0.5, 0.6) is 0 Å². The molecular weight excluding hydrogens is 176 g/mol. The Kier molecular flexibility index (Phi) is 3.09. The Hall–Kier alpha value is -1.04. The molecule has 1 aromatic heterocycles. The van der Waals surface area contributed by atoms with Gasteiger partial charge in [-0.05, 0) is 6.92 Å². The molecule has 0 saturated heterocycles. The summed E-state index contributed by atoms with van der Waals surface area (Å²) in [5.41, 5.74) is 4.96. The van der Waals surface area contributed by atoms with Gasteiger partial charge < -0.3 is 5.73 Å². The van der Waals surface area contributed by atoms with Crippen molar-refractivity contribution in [3.8, 4) is 0 Å². The molecule has 0 aliphatic rings. The summed E-state index contributed by atoms with van der Waals surface area (Å²) in [5, 5.41) is 7.26. The van der Waals surface area contributed by atoms with Gasteiger partial charge in [0, 0.05) is 12.2 Å². The molecular formula is C6H10N4OS. The summed E-state index contributed by atoms with van der Waals surface area (Å²) < 4.78 is 0. The van der Waals surface area contributed by atoms with E-state index in [1.54, 1.807) is 0 Å². The van der Waals surface area contributed by atoms with Crippen LogP contribution in [0.1, 0.15) is 12.2 Å². The Balaban J connectivity index is 2.29. The van der Waals surface area contributed by atoms with Crippen molar-refractivity contribution in [2.24, 2.45) is 5.73 Å². The number of carbonyl (C=O) groups is 1. The van der Waals surface area contributed by atoms with Crippen LogP contribution in [-0.2, 0) is 4.79 Å². The van der Waals surface area contributed by atoms with E-state index >= 15 is 0 Å². The smallest absolute Gasteiger partial charge is 0.218 e. The van der Waals surface area contributed by atoms with E-state index in [2.05, 4.69) is 15.2 Å². The minimum atomic E-state index is -0.297. The fourth-order valence-corrected chi connectivity index (χ4v) is 1.43. The first-order chi connectivity index (χ1) is 5.68. The van der Waals surface area contributed by atoms with E-state index in [0.29, 0.717) is 17.3 Å². The molecule has 0 saturated carbocycles. The van der Waals surface area contributed by atoms with Gasteiger partial charge in [0.15, 0.2) is 0 Å². The van der Waals surface area contributed by atoms with Crippen LogP contribution in [0, 0.1) is 6.92 Å². The summed E-state index contributed by atoms with van der Waals surface area (Å²) >= 11 is 1.42. The first kappa shape index (κ1) is 9.05. The zero-order valence-electron chi connectivity index (χ0n) is 6.70. The van der Waals surface area contributed by atoms with Crippen molar-refractivity contribution in [3.63, 3.8) is 0 Å². The number of aryl methyl sites for hydroxylation is 1. The molecule has 0 fully saturated rings. The Morgan fingerprint density at radius 2 is 2.50 bits per heavy atom. The SMILES string of the molecule is Cc1nc(SCCC(N)=O)n[nH]1. The van der Waals surface area contributed by atoms with Crippen LogP contribution in [0.4, 0.5) is 0 Å². The molecule has 1 amide bonds. The minimum absolute atomic E-state index is 0.297. The van der Waals surface area contributed by atoms with Crippen molar-refractivity contribution in [1.82, 2.24) is 15.2 Å². The Bertz CT molecular complexity index is 272. The maximum Gasteiger partial charge on any atom is 0.218 e. The third-order valence-corrected chi connectivity index (χ3v) is 2.01. The van der Waals surface area contributed by atoms with E-state index in [-0.39, 0.29) is 5.91 Å². The van der Waals surface area contributed by atoms with Gasteiger partial charge in [0.25, 0.3) is 0 Å². The molecule has 0 spiro atoms. The molecule has 66 valence electrons. The van der Waals surface area contributed by atoms with E-state index in [1.807, 2.05) is 6.92 Å². The molecule has 0 unspecified atom stereocenters. The van der Waals surface area contributed by atoms with Gasteiger partial charge in [0.2, 0.25) is 11.1 Å². The van der Waals surface area contributed by atoms with E-state index in [9.17, 15) is 4.79 Å². The zero-order chi connectivity index (χ0) is 8.97. The summed E-state index contributed by atoms with van der Waals surface area (Å²) in [4.78, 5) is 14.4. The lowest BCUT2D eigenvalue weighted by Gasteiger charge is -1.91. The maximum atomic E-state index is 10.4. The van der Waals surface area contributed by atoms with Gasteiger partial charge in [-0.3, -0.25) is 9.89 Å². The van der Waals surface area contributed by atoms with Crippen molar-refractivity contribution in [3.05, 3.63) is 5.82 Å². The number of nitrogens with zero attached hydrogens (tertiary/aromatic N) is 2. The molecule has 1 aromatic rings. The van der Waals surface area contributed by atoms with E-state index in [0.717, 1.165) is 5.82 Å². The molecule has 1 heterocycles. The first-order valence-corrected chi connectivity index (χ1v) is 4.47. The number of aromatic amines is 1. The summed E-state index contributed by atoms with van der Waals surface area (Å²) in [6.45, 7) is 1.82. The standard InChI is InChI=1S/C6H10N4OS/c1-4-8-6(10-9-4)12-3-2-5(7)11/h2-3H2,1H3,(H2,7,11)(H,8,9,10). The third-order valence-electron chi connectivity index (χ3n) is 1.16. The monoisotopic (exact) mass is 186 g/mol. The number of hydrogen-bond acceptors (Lipinski definition) is 4. The lowest BCUT2D eigenvalue weighted by Crippen LogP contribution is -2.10. The molecule has 0 atom stereocenters. The number of rotatable bonds is 4. The van der Waals surface area contributed by atoms with Crippen LogP contribution >= 0.6 is 11.8 Å². The van der Waals surface area contributed by atoms with Crippen molar-refractivity contribution >= 4 is 17.7 Å². The second kappa shape index (κ2) is 4.10. The van der Waals surface area contributed by atoms with Crippen LogP contribution in [0.15, 0.2) is 5.16 Å². The topological polar surface area (TPSA) is 84.7 Å². The van der Waals surface area contributed by atoms with Gasteiger partial charge in [-0.15, -0.1) is 5.10 Å². The fourth-order valence-electron chi connectivity index (χ4n) is 0.630. The molecule has 0 aliphatic carbocycles. The lowest BCUT2D eigenvalue weighted by molar-refractivity contribution is -0.117. The van der Waals surface area contributed by atoms with Crippen LogP contribution < -0.4 is 5.73 Å². The fraction of sp³-hybridized carbons (Fsp3) is 0.500. The summed E-state index contributed by atoms with van der Waals surface area (Å²) in [7, 11) is 0. The molecule has 0 aromatic carbocycles. The number of nitrogens with two attached hydrogens (primary N) is 1. The number of nitrogens with one attached hydrogen (secondary N) is 1. The third kappa shape index (κ3) is 2.91. The van der Waals surface area contributed by atoms with Crippen molar-refractivity contribution in [2.75, 3.05) is 5.75 Å². The molecule has 6 heteroatoms. The number of H-pyrrole nitrogens is 1. The molecule has 12 heavy (non-hydrogen) atoms. The van der Waals surface area contributed by atoms with Crippen molar-refractivity contribution in [1.29, 1.82) is 0 Å². The van der Waals surface area contributed by atoms with Crippen LogP contribution in [0.3, 0.4) is 0 Å². The largest absolute Gasteiger partial charge is 0.370 e. The van der Waals surface area contributed by atoms with Crippen LogP contribution in [0.25, 0.3) is 0 Å². The summed E-state index contributed by atoms with van der Waals surface area (Å²) in [5.74, 6) is 1.11. The highest BCUT2D eigenvalue weighted by Crippen LogP contribution is 2.12. The minimum Gasteiger partial charge on any atom is -0.370 e. The average molecular weight is 186 g/mol. The highest BCUT2D eigenvalue weighted by Gasteiger charge is 2.01. The number of thioether (sulfide) groups is 1. The van der Waals surface area contributed by atoms with Crippen molar-refractivity contribution in [2.45, 2.75) is 18.5 Å².